The Morgan fingerprint density at radius 3 is 1.77 bits per heavy atom. The Morgan fingerprint density at radius 2 is 1.32 bits per heavy atom. The molecule has 0 rings (SSSR count). The minimum atomic E-state index is -0.147. The van der Waals surface area contributed by atoms with Crippen LogP contribution in [0.3, 0.4) is 0 Å². The van der Waals surface area contributed by atoms with Gasteiger partial charge in [0.25, 0.3) is 0 Å². The molecule has 0 aromatic rings. The topological polar surface area (TPSA) is 81.6 Å². The van der Waals surface area contributed by atoms with Crippen LogP contribution in [-0.2, 0) is 4.74 Å². The Hall–Kier alpha value is -0.810. The number of rotatable bonds is 15. The van der Waals surface area contributed by atoms with Crippen molar-refractivity contribution in [1.82, 2.24) is 4.90 Å². The van der Waals surface area contributed by atoms with Gasteiger partial charge in [-0.15, -0.1) is 0 Å². The third-order valence-electron chi connectivity index (χ3n) is 3.75. The number of unbranched alkanes of at least 4 members (excludes halogenated alkanes) is 7. The number of carbonyl (C=O) groups excluding carboxylic acids is 1. The van der Waals surface area contributed by atoms with E-state index in [2.05, 4.69) is 6.92 Å². The third kappa shape index (κ3) is 12.9. The molecule has 0 atom stereocenters. The molecule has 22 heavy (non-hydrogen) atoms. The third-order valence-corrected chi connectivity index (χ3v) is 3.75. The molecular formula is C17H37N3O2. The minimum Gasteiger partial charge on any atom is -0.449 e. The van der Waals surface area contributed by atoms with E-state index in [9.17, 15) is 4.79 Å². The van der Waals surface area contributed by atoms with Gasteiger partial charge in [-0.2, -0.15) is 0 Å². The number of nitrogens with zero attached hydrogens (tertiary/aromatic N) is 1. The zero-order valence-corrected chi connectivity index (χ0v) is 14.5. The number of hydrogen-bond acceptors (Lipinski definition) is 4. The maximum Gasteiger partial charge on any atom is 0.409 e. The van der Waals surface area contributed by atoms with Gasteiger partial charge in [0.1, 0.15) is 0 Å². The summed E-state index contributed by atoms with van der Waals surface area (Å²) in [5.74, 6) is 0. The van der Waals surface area contributed by atoms with Crippen molar-refractivity contribution in [1.29, 1.82) is 0 Å². The number of hydrogen-bond donors (Lipinski definition) is 2. The Kier molecular flexibility index (Phi) is 15.9. The van der Waals surface area contributed by atoms with Crippen LogP contribution < -0.4 is 11.5 Å². The highest BCUT2D eigenvalue weighted by Crippen LogP contribution is 2.07. The van der Waals surface area contributed by atoms with Crippen molar-refractivity contribution in [2.24, 2.45) is 11.5 Å². The fourth-order valence-electron chi connectivity index (χ4n) is 2.29. The summed E-state index contributed by atoms with van der Waals surface area (Å²) >= 11 is 0. The molecule has 132 valence electrons. The average molecular weight is 316 g/mol. The quantitative estimate of drug-likeness (QED) is 0.454. The summed E-state index contributed by atoms with van der Waals surface area (Å²) in [6.45, 7) is 5.74. The highest BCUT2D eigenvalue weighted by Gasteiger charge is 2.13. The van der Waals surface area contributed by atoms with Crippen LogP contribution in [-0.4, -0.2) is 43.8 Å². The molecule has 1 amide bonds. The molecule has 0 heterocycles. The van der Waals surface area contributed by atoms with Crippen molar-refractivity contribution in [3.8, 4) is 0 Å². The van der Waals surface area contributed by atoms with E-state index in [0.29, 0.717) is 6.61 Å². The predicted octanol–water partition coefficient (Wildman–Crippen LogP) is 3.26. The molecule has 5 nitrogen and oxygen atoms in total. The van der Waals surface area contributed by atoms with Gasteiger partial charge in [-0.3, -0.25) is 0 Å². The fraction of sp³-hybridized carbons (Fsp3) is 0.941. The largest absolute Gasteiger partial charge is 0.449 e. The molecule has 0 spiro atoms. The lowest BCUT2D eigenvalue weighted by atomic mass is 10.1. The van der Waals surface area contributed by atoms with Gasteiger partial charge in [-0.25, -0.2) is 4.79 Å². The zero-order valence-electron chi connectivity index (χ0n) is 14.5. The molecular weight excluding hydrogens is 278 g/mol. The van der Waals surface area contributed by atoms with E-state index in [1.807, 2.05) is 4.90 Å². The van der Waals surface area contributed by atoms with Crippen molar-refractivity contribution >= 4 is 6.09 Å². The molecule has 0 aliphatic rings. The average Bonchev–Trinajstić information content (AvgIpc) is 2.52. The Bertz CT molecular complexity index is 236. The standard InChI is InChI=1S/C17H37N3O2/c1-2-3-16-22-17(21)20(14-10-6-4-8-12-18)15-11-7-5-9-13-19/h2-16,18-19H2,1H3. The van der Waals surface area contributed by atoms with Crippen LogP contribution in [0.5, 0.6) is 0 Å². The monoisotopic (exact) mass is 315 g/mol. The molecule has 4 N–H and O–H groups in total. The van der Waals surface area contributed by atoms with Gasteiger partial charge in [0.05, 0.1) is 6.61 Å². The van der Waals surface area contributed by atoms with E-state index in [-0.39, 0.29) is 6.09 Å². The van der Waals surface area contributed by atoms with Gasteiger partial charge in [0.15, 0.2) is 0 Å². The van der Waals surface area contributed by atoms with Gasteiger partial charge in [0, 0.05) is 13.1 Å². The lowest BCUT2D eigenvalue weighted by Gasteiger charge is -2.22. The van der Waals surface area contributed by atoms with Crippen LogP contribution >= 0.6 is 0 Å². The summed E-state index contributed by atoms with van der Waals surface area (Å²) in [4.78, 5) is 14.0. The normalized spacial score (nSPS) is 10.7. The minimum absolute atomic E-state index is 0.147. The second-order valence-corrected chi connectivity index (χ2v) is 5.86. The Balaban J connectivity index is 3.98. The van der Waals surface area contributed by atoms with Crippen LogP contribution in [0.1, 0.15) is 71.1 Å². The van der Waals surface area contributed by atoms with Gasteiger partial charge in [-0.05, 0) is 45.2 Å². The van der Waals surface area contributed by atoms with E-state index in [0.717, 1.165) is 90.4 Å². The number of amides is 1. The van der Waals surface area contributed by atoms with Crippen molar-refractivity contribution in [2.45, 2.75) is 71.1 Å². The van der Waals surface area contributed by atoms with Crippen molar-refractivity contribution in [3.05, 3.63) is 0 Å². The molecule has 0 saturated carbocycles. The van der Waals surface area contributed by atoms with E-state index in [1.54, 1.807) is 0 Å². The van der Waals surface area contributed by atoms with E-state index >= 15 is 0 Å². The number of nitrogens with two attached hydrogens (primary N) is 2. The molecule has 0 unspecified atom stereocenters. The maximum absolute atomic E-state index is 12.1. The highest BCUT2D eigenvalue weighted by molar-refractivity contribution is 5.67. The Morgan fingerprint density at radius 1 is 0.818 bits per heavy atom. The molecule has 0 radical (unpaired) electrons. The first kappa shape index (κ1) is 21.2. The summed E-state index contributed by atoms with van der Waals surface area (Å²) in [5.41, 5.74) is 11.0. The highest BCUT2D eigenvalue weighted by atomic mass is 16.6. The number of carbonyl (C=O) groups is 1. The molecule has 0 aromatic heterocycles. The fourth-order valence-corrected chi connectivity index (χ4v) is 2.29. The molecule has 0 bridgehead atoms. The van der Waals surface area contributed by atoms with Crippen LogP contribution in [0.15, 0.2) is 0 Å². The van der Waals surface area contributed by atoms with Crippen molar-refractivity contribution < 1.29 is 9.53 Å². The molecule has 0 aromatic carbocycles. The van der Waals surface area contributed by atoms with Gasteiger partial charge >= 0.3 is 6.09 Å². The number of ether oxygens (including phenoxy) is 1. The smallest absolute Gasteiger partial charge is 0.409 e. The second-order valence-electron chi connectivity index (χ2n) is 5.86. The van der Waals surface area contributed by atoms with Crippen LogP contribution in [0.25, 0.3) is 0 Å². The zero-order chi connectivity index (χ0) is 16.5. The second kappa shape index (κ2) is 16.6. The summed E-state index contributed by atoms with van der Waals surface area (Å²) in [5, 5.41) is 0. The van der Waals surface area contributed by atoms with Crippen molar-refractivity contribution in [2.75, 3.05) is 32.8 Å². The van der Waals surface area contributed by atoms with E-state index in [1.165, 1.54) is 0 Å². The molecule has 0 saturated heterocycles. The summed E-state index contributed by atoms with van der Waals surface area (Å²) in [6.07, 6.45) is 10.6. The van der Waals surface area contributed by atoms with Gasteiger partial charge in [0.2, 0.25) is 0 Å². The first-order valence-electron chi connectivity index (χ1n) is 9.08. The lowest BCUT2D eigenvalue weighted by Crippen LogP contribution is -2.33. The van der Waals surface area contributed by atoms with E-state index < -0.39 is 0 Å². The van der Waals surface area contributed by atoms with Crippen LogP contribution in [0.2, 0.25) is 0 Å². The summed E-state index contributed by atoms with van der Waals surface area (Å²) in [7, 11) is 0. The molecule has 0 aliphatic carbocycles. The van der Waals surface area contributed by atoms with Gasteiger partial charge < -0.3 is 21.1 Å². The van der Waals surface area contributed by atoms with Crippen LogP contribution in [0, 0.1) is 0 Å². The lowest BCUT2D eigenvalue weighted by molar-refractivity contribution is 0.0995. The summed E-state index contributed by atoms with van der Waals surface area (Å²) in [6, 6.07) is 0. The molecule has 5 heteroatoms. The van der Waals surface area contributed by atoms with Gasteiger partial charge in [-0.1, -0.05) is 39.0 Å². The first-order valence-corrected chi connectivity index (χ1v) is 9.08. The summed E-state index contributed by atoms with van der Waals surface area (Å²) < 4.78 is 5.35. The molecule has 0 aliphatic heterocycles. The first-order chi connectivity index (χ1) is 10.8. The van der Waals surface area contributed by atoms with Crippen LogP contribution in [0.4, 0.5) is 4.79 Å². The van der Waals surface area contributed by atoms with E-state index in [4.69, 9.17) is 16.2 Å². The maximum atomic E-state index is 12.1. The SMILES string of the molecule is CCCCOC(=O)N(CCCCCCN)CCCCCCN. The molecule has 0 fully saturated rings. The van der Waals surface area contributed by atoms with Crippen molar-refractivity contribution in [3.63, 3.8) is 0 Å². The predicted molar refractivity (Wildman–Crippen MR) is 92.9 cm³/mol. The Labute approximate surface area is 136 Å².